The van der Waals surface area contributed by atoms with Crippen molar-refractivity contribution in [1.29, 1.82) is 0 Å². The standard InChI is InChI=1S/C14H23NO5/c1-10(20-9-11-5-4-8-19-11)13(16)15-7-3-2-6-12(15)14(17)18/h10-12H,2-9H2,1H3,(H,17,18)/t10-,11-,12-/m0/s1. The smallest absolute Gasteiger partial charge is 0.326 e. The van der Waals surface area contributed by atoms with Gasteiger partial charge in [-0.15, -0.1) is 0 Å². The van der Waals surface area contributed by atoms with E-state index in [4.69, 9.17) is 9.47 Å². The van der Waals surface area contributed by atoms with E-state index < -0.39 is 18.1 Å². The number of piperidine rings is 1. The van der Waals surface area contributed by atoms with Crippen molar-refractivity contribution in [2.75, 3.05) is 19.8 Å². The molecule has 0 aromatic rings. The first kappa shape index (κ1) is 15.3. The number of carbonyl (C=O) groups excluding carboxylic acids is 1. The fourth-order valence-electron chi connectivity index (χ4n) is 2.78. The predicted molar refractivity (Wildman–Crippen MR) is 71.4 cm³/mol. The van der Waals surface area contributed by atoms with Gasteiger partial charge in [-0.1, -0.05) is 0 Å². The van der Waals surface area contributed by atoms with E-state index >= 15 is 0 Å². The Morgan fingerprint density at radius 3 is 2.80 bits per heavy atom. The van der Waals surface area contributed by atoms with Gasteiger partial charge in [-0.3, -0.25) is 4.79 Å². The summed E-state index contributed by atoms with van der Waals surface area (Å²) in [6, 6.07) is -0.704. The van der Waals surface area contributed by atoms with Crippen LogP contribution < -0.4 is 0 Å². The molecule has 0 bridgehead atoms. The predicted octanol–water partition coefficient (Wildman–Crippen LogP) is 1.04. The maximum atomic E-state index is 12.3. The second-order valence-corrected chi connectivity index (χ2v) is 5.49. The van der Waals surface area contributed by atoms with Crippen LogP contribution in [0.25, 0.3) is 0 Å². The average molecular weight is 285 g/mol. The van der Waals surface area contributed by atoms with Crippen LogP contribution >= 0.6 is 0 Å². The fourth-order valence-corrected chi connectivity index (χ4v) is 2.78. The molecule has 2 rings (SSSR count). The number of hydrogen-bond acceptors (Lipinski definition) is 4. The van der Waals surface area contributed by atoms with Crippen molar-refractivity contribution < 1.29 is 24.2 Å². The highest BCUT2D eigenvalue weighted by Crippen LogP contribution is 2.19. The molecule has 2 aliphatic rings. The number of carbonyl (C=O) groups is 2. The summed E-state index contributed by atoms with van der Waals surface area (Å²) in [6.07, 6.45) is 3.69. The van der Waals surface area contributed by atoms with Gasteiger partial charge in [-0.25, -0.2) is 4.79 Å². The van der Waals surface area contributed by atoms with Crippen LogP contribution in [0, 0.1) is 0 Å². The van der Waals surface area contributed by atoms with Crippen LogP contribution in [0.15, 0.2) is 0 Å². The molecule has 1 amide bonds. The molecule has 0 saturated carbocycles. The van der Waals surface area contributed by atoms with Gasteiger partial charge in [-0.2, -0.15) is 0 Å². The summed E-state index contributed by atoms with van der Waals surface area (Å²) in [4.78, 5) is 25.0. The molecular weight excluding hydrogens is 262 g/mol. The summed E-state index contributed by atoms with van der Waals surface area (Å²) >= 11 is 0. The molecule has 6 nitrogen and oxygen atoms in total. The number of aliphatic carboxylic acids is 1. The van der Waals surface area contributed by atoms with E-state index in [-0.39, 0.29) is 12.0 Å². The third kappa shape index (κ3) is 3.70. The van der Waals surface area contributed by atoms with Gasteiger partial charge in [0.05, 0.1) is 12.7 Å². The SMILES string of the molecule is C[C@H](OC[C@@H]1CCCO1)C(=O)N1CCCC[C@H]1C(=O)O. The molecule has 2 aliphatic heterocycles. The highest BCUT2D eigenvalue weighted by molar-refractivity contribution is 5.86. The molecule has 0 unspecified atom stereocenters. The van der Waals surface area contributed by atoms with Gasteiger partial charge in [0.15, 0.2) is 0 Å². The van der Waals surface area contributed by atoms with Crippen LogP contribution in [0.4, 0.5) is 0 Å². The monoisotopic (exact) mass is 285 g/mol. The minimum Gasteiger partial charge on any atom is -0.480 e. The molecule has 2 heterocycles. The van der Waals surface area contributed by atoms with Crippen LogP contribution in [0.3, 0.4) is 0 Å². The van der Waals surface area contributed by atoms with E-state index in [9.17, 15) is 14.7 Å². The van der Waals surface area contributed by atoms with Gasteiger partial charge >= 0.3 is 5.97 Å². The van der Waals surface area contributed by atoms with Crippen LogP contribution in [-0.2, 0) is 19.1 Å². The maximum absolute atomic E-state index is 12.3. The number of carboxylic acid groups (broad SMARTS) is 1. The Kier molecular flexibility index (Phi) is 5.37. The van der Waals surface area contributed by atoms with Crippen LogP contribution in [0.5, 0.6) is 0 Å². The average Bonchev–Trinajstić information content (AvgIpc) is 2.97. The lowest BCUT2D eigenvalue weighted by atomic mass is 10.0. The molecule has 6 heteroatoms. The molecule has 0 aromatic heterocycles. The van der Waals surface area contributed by atoms with E-state index in [0.29, 0.717) is 19.6 Å². The number of likely N-dealkylation sites (tertiary alicyclic amines) is 1. The van der Waals surface area contributed by atoms with Gasteiger partial charge in [0.25, 0.3) is 5.91 Å². The molecule has 0 aromatic carbocycles. The van der Waals surface area contributed by atoms with Crippen molar-refractivity contribution in [3.05, 3.63) is 0 Å². The summed E-state index contributed by atoms with van der Waals surface area (Å²) in [7, 11) is 0. The van der Waals surface area contributed by atoms with Crippen LogP contribution in [0.1, 0.15) is 39.0 Å². The maximum Gasteiger partial charge on any atom is 0.326 e. The number of hydrogen-bond donors (Lipinski definition) is 1. The summed E-state index contributed by atoms with van der Waals surface area (Å²) in [6.45, 7) is 3.34. The molecular formula is C14H23NO5. The summed E-state index contributed by atoms with van der Waals surface area (Å²) < 4.78 is 11.0. The minimum absolute atomic E-state index is 0.0712. The van der Waals surface area contributed by atoms with Crippen LogP contribution in [0.2, 0.25) is 0 Å². The highest BCUT2D eigenvalue weighted by atomic mass is 16.5. The lowest BCUT2D eigenvalue weighted by Gasteiger charge is -2.34. The van der Waals surface area contributed by atoms with Crippen molar-refractivity contribution in [3.63, 3.8) is 0 Å². The van der Waals surface area contributed by atoms with E-state index in [1.165, 1.54) is 4.90 Å². The third-order valence-electron chi connectivity index (χ3n) is 3.97. The number of rotatable bonds is 5. The van der Waals surface area contributed by atoms with Gasteiger partial charge in [0, 0.05) is 13.2 Å². The summed E-state index contributed by atoms with van der Waals surface area (Å²) in [5, 5.41) is 9.19. The minimum atomic E-state index is -0.927. The largest absolute Gasteiger partial charge is 0.480 e. The molecule has 1 N–H and O–H groups in total. The van der Waals surface area contributed by atoms with E-state index in [1.807, 2.05) is 0 Å². The second-order valence-electron chi connectivity index (χ2n) is 5.49. The third-order valence-corrected chi connectivity index (χ3v) is 3.97. The fraction of sp³-hybridized carbons (Fsp3) is 0.857. The van der Waals surface area contributed by atoms with Crippen molar-refractivity contribution in [2.24, 2.45) is 0 Å². The Hall–Kier alpha value is -1.14. The lowest BCUT2D eigenvalue weighted by Crippen LogP contribution is -2.51. The van der Waals surface area contributed by atoms with E-state index in [1.54, 1.807) is 6.92 Å². The van der Waals surface area contributed by atoms with Crippen molar-refractivity contribution in [3.8, 4) is 0 Å². The normalized spacial score (nSPS) is 28.4. The molecule has 2 fully saturated rings. The number of amides is 1. The summed E-state index contributed by atoms with van der Waals surface area (Å²) in [5.41, 5.74) is 0. The molecule has 0 radical (unpaired) electrons. The topological polar surface area (TPSA) is 76.1 Å². The van der Waals surface area contributed by atoms with Crippen LogP contribution in [-0.4, -0.2) is 59.9 Å². The lowest BCUT2D eigenvalue weighted by molar-refractivity contribution is -0.158. The Morgan fingerprint density at radius 1 is 1.35 bits per heavy atom. The molecule has 20 heavy (non-hydrogen) atoms. The van der Waals surface area contributed by atoms with Crippen molar-refractivity contribution >= 4 is 11.9 Å². The van der Waals surface area contributed by atoms with E-state index in [2.05, 4.69) is 0 Å². The van der Waals surface area contributed by atoms with E-state index in [0.717, 1.165) is 32.3 Å². The van der Waals surface area contributed by atoms with Gasteiger partial charge in [0.2, 0.25) is 0 Å². The molecule has 2 saturated heterocycles. The van der Waals surface area contributed by atoms with Crippen molar-refractivity contribution in [1.82, 2.24) is 4.90 Å². The molecule has 3 atom stereocenters. The van der Waals surface area contributed by atoms with Gasteiger partial charge in [0.1, 0.15) is 12.1 Å². The molecule has 0 spiro atoms. The number of carboxylic acids is 1. The Morgan fingerprint density at radius 2 is 2.15 bits per heavy atom. The zero-order chi connectivity index (χ0) is 14.5. The van der Waals surface area contributed by atoms with Gasteiger partial charge < -0.3 is 19.5 Å². The van der Waals surface area contributed by atoms with Gasteiger partial charge in [-0.05, 0) is 39.0 Å². The zero-order valence-corrected chi connectivity index (χ0v) is 11.9. The summed E-state index contributed by atoms with van der Waals surface area (Å²) in [5.74, 6) is -1.15. The highest BCUT2D eigenvalue weighted by Gasteiger charge is 2.34. The zero-order valence-electron chi connectivity index (χ0n) is 11.9. The van der Waals surface area contributed by atoms with Crippen molar-refractivity contribution in [2.45, 2.75) is 57.3 Å². The first-order valence-electron chi connectivity index (χ1n) is 7.36. The first-order chi connectivity index (χ1) is 9.59. The first-order valence-corrected chi connectivity index (χ1v) is 7.36. The Bertz CT molecular complexity index is 353. The molecule has 114 valence electrons. The number of ether oxygens (including phenoxy) is 2. The molecule has 0 aliphatic carbocycles. The Labute approximate surface area is 119 Å². The number of nitrogens with zero attached hydrogens (tertiary/aromatic N) is 1. The Balaban J connectivity index is 1.85. The quantitative estimate of drug-likeness (QED) is 0.816. The second kappa shape index (κ2) is 7.04.